The maximum Gasteiger partial charge on any atom is 0.230 e. The summed E-state index contributed by atoms with van der Waals surface area (Å²) in [5, 5.41) is 3.14. The third kappa shape index (κ3) is 6.36. The van der Waals surface area contributed by atoms with Crippen molar-refractivity contribution in [1.82, 2.24) is 5.32 Å². The summed E-state index contributed by atoms with van der Waals surface area (Å²) < 4.78 is 12.9. The molecule has 4 heteroatoms. The maximum absolute atomic E-state index is 12.9. The van der Waals surface area contributed by atoms with E-state index in [1.807, 2.05) is 18.2 Å². The number of amides is 1. The van der Waals surface area contributed by atoms with Crippen molar-refractivity contribution < 1.29 is 9.18 Å². The second kappa shape index (κ2) is 9.48. The van der Waals surface area contributed by atoms with Crippen molar-refractivity contribution in [1.29, 1.82) is 0 Å². The summed E-state index contributed by atoms with van der Waals surface area (Å²) >= 11 is 1.54. The molecule has 0 radical (unpaired) electrons. The molecule has 128 valence electrons. The van der Waals surface area contributed by atoms with Crippen LogP contribution in [0, 0.1) is 11.7 Å². The molecule has 24 heavy (non-hydrogen) atoms. The molecule has 0 aliphatic heterocycles. The van der Waals surface area contributed by atoms with Crippen LogP contribution in [0.3, 0.4) is 0 Å². The summed E-state index contributed by atoms with van der Waals surface area (Å²) in [5.41, 5.74) is 2.17. The Balaban J connectivity index is 1.85. The van der Waals surface area contributed by atoms with Gasteiger partial charge in [-0.25, -0.2) is 4.39 Å². The van der Waals surface area contributed by atoms with Gasteiger partial charge in [-0.1, -0.05) is 56.3 Å². The molecule has 0 saturated carbocycles. The van der Waals surface area contributed by atoms with Crippen LogP contribution in [0.1, 0.15) is 37.4 Å². The SMILES string of the molecule is CC(C)C[C@@H](NC(=O)CSCc1ccc(F)cc1)c1ccccc1. The average molecular weight is 345 g/mol. The molecule has 0 bridgehead atoms. The predicted octanol–water partition coefficient (Wildman–Crippen LogP) is 4.96. The van der Waals surface area contributed by atoms with E-state index in [0.29, 0.717) is 17.4 Å². The Morgan fingerprint density at radius 2 is 1.75 bits per heavy atom. The molecule has 1 atom stereocenters. The van der Waals surface area contributed by atoms with Crippen LogP contribution in [0.4, 0.5) is 4.39 Å². The van der Waals surface area contributed by atoms with Gasteiger partial charge in [0.2, 0.25) is 5.91 Å². The lowest BCUT2D eigenvalue weighted by Gasteiger charge is -2.21. The largest absolute Gasteiger partial charge is 0.349 e. The van der Waals surface area contributed by atoms with Gasteiger partial charge in [0.15, 0.2) is 0 Å². The van der Waals surface area contributed by atoms with E-state index >= 15 is 0 Å². The Morgan fingerprint density at radius 3 is 2.38 bits per heavy atom. The molecular formula is C20H24FNOS. The average Bonchev–Trinajstić information content (AvgIpc) is 2.56. The van der Waals surface area contributed by atoms with Gasteiger partial charge >= 0.3 is 0 Å². The molecule has 2 aromatic rings. The van der Waals surface area contributed by atoms with E-state index in [1.165, 1.54) is 12.1 Å². The Morgan fingerprint density at radius 1 is 1.08 bits per heavy atom. The molecule has 0 spiro atoms. The molecule has 0 aromatic heterocycles. The summed E-state index contributed by atoms with van der Waals surface area (Å²) in [6.07, 6.45) is 0.915. The van der Waals surface area contributed by atoms with Crippen molar-refractivity contribution in [2.24, 2.45) is 5.92 Å². The first-order valence-electron chi connectivity index (χ1n) is 8.21. The van der Waals surface area contributed by atoms with E-state index in [9.17, 15) is 9.18 Å². The Labute approximate surface area is 147 Å². The number of benzene rings is 2. The van der Waals surface area contributed by atoms with Crippen LogP contribution in [0.5, 0.6) is 0 Å². The second-order valence-corrected chi connectivity index (χ2v) is 7.27. The molecular weight excluding hydrogens is 321 g/mol. The molecule has 2 rings (SSSR count). The summed E-state index contributed by atoms with van der Waals surface area (Å²) in [4.78, 5) is 12.3. The summed E-state index contributed by atoms with van der Waals surface area (Å²) in [6.45, 7) is 4.32. The first kappa shape index (κ1) is 18.5. The molecule has 0 aliphatic carbocycles. The molecule has 1 amide bonds. The molecule has 0 aliphatic rings. The molecule has 0 heterocycles. The van der Waals surface area contributed by atoms with Crippen LogP contribution >= 0.6 is 11.8 Å². The van der Waals surface area contributed by atoms with Crippen molar-refractivity contribution in [2.75, 3.05) is 5.75 Å². The fourth-order valence-corrected chi connectivity index (χ4v) is 3.31. The standard InChI is InChI=1S/C20H24FNOS/c1-15(2)12-19(17-6-4-3-5-7-17)22-20(23)14-24-13-16-8-10-18(21)11-9-16/h3-11,15,19H,12-14H2,1-2H3,(H,22,23)/t19-/m1/s1. The van der Waals surface area contributed by atoms with Gasteiger partial charge in [0.25, 0.3) is 0 Å². The van der Waals surface area contributed by atoms with Crippen LogP contribution in [0.2, 0.25) is 0 Å². The zero-order valence-electron chi connectivity index (χ0n) is 14.2. The number of thioether (sulfide) groups is 1. The number of carbonyl (C=O) groups excluding carboxylic acids is 1. The Kier molecular flexibility index (Phi) is 7.32. The number of rotatable bonds is 8. The molecule has 1 N–H and O–H groups in total. The van der Waals surface area contributed by atoms with Gasteiger partial charge in [-0.3, -0.25) is 4.79 Å². The van der Waals surface area contributed by atoms with Crippen LogP contribution in [0.15, 0.2) is 54.6 Å². The molecule has 0 saturated heterocycles. The molecule has 2 aromatic carbocycles. The minimum Gasteiger partial charge on any atom is -0.349 e. The first-order valence-corrected chi connectivity index (χ1v) is 9.36. The smallest absolute Gasteiger partial charge is 0.230 e. The summed E-state index contributed by atoms with van der Waals surface area (Å²) in [7, 11) is 0. The monoisotopic (exact) mass is 345 g/mol. The lowest BCUT2D eigenvalue weighted by atomic mass is 9.97. The van der Waals surface area contributed by atoms with Crippen molar-refractivity contribution in [3.63, 3.8) is 0 Å². The highest BCUT2D eigenvalue weighted by molar-refractivity contribution is 7.99. The highest BCUT2D eigenvalue weighted by Gasteiger charge is 2.15. The van der Waals surface area contributed by atoms with Gasteiger partial charge in [0.1, 0.15) is 5.82 Å². The number of nitrogens with one attached hydrogen (secondary N) is 1. The minimum atomic E-state index is -0.235. The first-order chi connectivity index (χ1) is 11.5. The van der Waals surface area contributed by atoms with Crippen molar-refractivity contribution in [3.8, 4) is 0 Å². The highest BCUT2D eigenvalue weighted by atomic mass is 32.2. The van der Waals surface area contributed by atoms with E-state index in [-0.39, 0.29) is 17.8 Å². The van der Waals surface area contributed by atoms with E-state index < -0.39 is 0 Å². The van der Waals surface area contributed by atoms with Crippen molar-refractivity contribution >= 4 is 17.7 Å². The minimum absolute atomic E-state index is 0.0385. The van der Waals surface area contributed by atoms with E-state index in [2.05, 4.69) is 31.3 Å². The maximum atomic E-state index is 12.9. The number of carbonyl (C=O) groups is 1. The normalized spacial score (nSPS) is 12.2. The fraction of sp³-hybridized carbons (Fsp3) is 0.350. The predicted molar refractivity (Wildman–Crippen MR) is 99.3 cm³/mol. The third-order valence-electron chi connectivity index (χ3n) is 3.66. The van der Waals surface area contributed by atoms with Crippen molar-refractivity contribution in [2.45, 2.75) is 32.1 Å². The number of halogens is 1. The van der Waals surface area contributed by atoms with Gasteiger partial charge in [-0.15, -0.1) is 11.8 Å². The Hall–Kier alpha value is -1.81. The zero-order valence-corrected chi connectivity index (χ0v) is 15.0. The molecule has 0 fully saturated rings. The lowest BCUT2D eigenvalue weighted by molar-refractivity contribution is -0.119. The van der Waals surface area contributed by atoms with Gasteiger partial charge in [0, 0.05) is 5.75 Å². The lowest BCUT2D eigenvalue weighted by Crippen LogP contribution is -2.30. The van der Waals surface area contributed by atoms with Crippen LogP contribution in [0.25, 0.3) is 0 Å². The van der Waals surface area contributed by atoms with Gasteiger partial charge < -0.3 is 5.32 Å². The molecule has 0 unspecified atom stereocenters. The molecule has 2 nitrogen and oxygen atoms in total. The topological polar surface area (TPSA) is 29.1 Å². The second-order valence-electron chi connectivity index (χ2n) is 6.28. The van der Waals surface area contributed by atoms with Crippen LogP contribution in [-0.4, -0.2) is 11.7 Å². The van der Waals surface area contributed by atoms with E-state index in [1.54, 1.807) is 23.9 Å². The fourth-order valence-electron chi connectivity index (χ4n) is 2.51. The van der Waals surface area contributed by atoms with E-state index in [0.717, 1.165) is 17.5 Å². The van der Waals surface area contributed by atoms with Gasteiger partial charge in [-0.2, -0.15) is 0 Å². The highest BCUT2D eigenvalue weighted by Crippen LogP contribution is 2.21. The third-order valence-corrected chi connectivity index (χ3v) is 4.66. The number of hydrogen-bond acceptors (Lipinski definition) is 2. The van der Waals surface area contributed by atoms with Gasteiger partial charge in [0.05, 0.1) is 11.8 Å². The number of hydrogen-bond donors (Lipinski definition) is 1. The zero-order chi connectivity index (χ0) is 17.4. The quantitative estimate of drug-likeness (QED) is 0.732. The van der Waals surface area contributed by atoms with E-state index in [4.69, 9.17) is 0 Å². The summed E-state index contributed by atoms with van der Waals surface area (Å²) in [5.74, 6) is 1.41. The van der Waals surface area contributed by atoms with Crippen LogP contribution < -0.4 is 5.32 Å². The van der Waals surface area contributed by atoms with Crippen molar-refractivity contribution in [3.05, 3.63) is 71.5 Å². The van der Waals surface area contributed by atoms with Gasteiger partial charge in [-0.05, 0) is 35.6 Å². The summed E-state index contributed by atoms with van der Waals surface area (Å²) in [6, 6.07) is 16.5. The van der Waals surface area contributed by atoms with Crippen LogP contribution in [-0.2, 0) is 10.5 Å². The Bertz CT molecular complexity index is 628.